The van der Waals surface area contributed by atoms with Crippen molar-refractivity contribution in [3.63, 3.8) is 0 Å². The molecule has 0 bridgehead atoms. The van der Waals surface area contributed by atoms with Gasteiger partial charge < -0.3 is 13.3 Å². The van der Waals surface area contributed by atoms with Crippen LogP contribution in [0, 0.1) is 11.8 Å². The van der Waals surface area contributed by atoms with Crippen molar-refractivity contribution in [1.82, 2.24) is 0 Å². The fourth-order valence-corrected chi connectivity index (χ4v) is 3.69. The van der Waals surface area contributed by atoms with Gasteiger partial charge in [0.05, 0.1) is 0 Å². The zero-order valence-electron chi connectivity index (χ0n) is 10.4. The van der Waals surface area contributed by atoms with Crippen LogP contribution in [0.25, 0.3) is 0 Å². The summed E-state index contributed by atoms with van der Waals surface area (Å²) < 4.78 is 17.0. The van der Waals surface area contributed by atoms with Crippen molar-refractivity contribution in [2.24, 2.45) is 0 Å². The second kappa shape index (κ2) is 10.1. The van der Waals surface area contributed by atoms with Crippen molar-refractivity contribution in [2.75, 3.05) is 19.8 Å². The molecule has 0 aliphatic rings. The highest BCUT2D eigenvalue weighted by atomic mass is 28.4. The molecular weight excluding hydrogens is 210 g/mol. The first-order chi connectivity index (χ1) is 7.13. The van der Waals surface area contributed by atoms with E-state index >= 15 is 0 Å². The quantitative estimate of drug-likeness (QED) is 0.634. The Hall–Kier alpha value is -0.413. The van der Waals surface area contributed by atoms with Crippen LogP contribution in [0.5, 0.6) is 0 Å². The lowest BCUT2D eigenvalue weighted by atomic mass is 10.6. The predicted octanol–water partition coefficient (Wildman–Crippen LogP) is 2.58. The van der Waals surface area contributed by atoms with Gasteiger partial charge in [0.25, 0.3) is 0 Å². The first kappa shape index (κ1) is 17.0. The summed E-state index contributed by atoms with van der Waals surface area (Å²) in [5.74, 6) is 0. The first-order valence-electron chi connectivity index (χ1n) is 5.30. The van der Waals surface area contributed by atoms with Gasteiger partial charge in [0.2, 0.25) is 0 Å². The van der Waals surface area contributed by atoms with Gasteiger partial charge in [-0.15, -0.1) is 0 Å². The van der Waals surface area contributed by atoms with Crippen LogP contribution >= 0.6 is 0 Å². The van der Waals surface area contributed by atoms with Gasteiger partial charge in [-0.05, 0) is 20.8 Å². The van der Waals surface area contributed by atoms with Crippen LogP contribution in [0.1, 0.15) is 34.6 Å². The topological polar surface area (TPSA) is 51.5 Å². The maximum absolute atomic E-state index is 6.50. The van der Waals surface area contributed by atoms with Crippen molar-refractivity contribution < 1.29 is 13.3 Å². The smallest absolute Gasteiger partial charge is 0.374 e. The standard InChI is InChI=1S/C9H22O3Si.CHN/c1-6-10-13(9(4)5,11-7-2)12-8-3;1-2/h9H,6-8H2,1-5H3;1H. The van der Waals surface area contributed by atoms with E-state index in [1.54, 1.807) is 0 Å². The minimum atomic E-state index is -2.37. The highest BCUT2D eigenvalue weighted by Gasteiger charge is 2.44. The van der Waals surface area contributed by atoms with Gasteiger partial charge in [0, 0.05) is 31.9 Å². The largest absolute Gasteiger partial charge is 0.503 e. The molecule has 0 fully saturated rings. The van der Waals surface area contributed by atoms with Crippen LogP contribution in [0.15, 0.2) is 0 Å². The summed E-state index contributed by atoms with van der Waals surface area (Å²) in [6.45, 7) is 15.6. The molecule has 0 saturated carbocycles. The molecule has 0 amide bonds. The summed E-state index contributed by atoms with van der Waals surface area (Å²) in [6, 6.07) is 0. The summed E-state index contributed by atoms with van der Waals surface area (Å²) in [5, 5.41) is 6.50. The zero-order valence-corrected chi connectivity index (χ0v) is 11.4. The average Bonchev–Trinajstić information content (AvgIpc) is 2.21. The van der Waals surface area contributed by atoms with E-state index < -0.39 is 8.80 Å². The lowest BCUT2D eigenvalue weighted by molar-refractivity contribution is 0.0641. The van der Waals surface area contributed by atoms with Crippen molar-refractivity contribution in [3.8, 4) is 6.57 Å². The van der Waals surface area contributed by atoms with E-state index in [0.717, 1.165) is 0 Å². The van der Waals surface area contributed by atoms with Gasteiger partial charge in [0.15, 0.2) is 0 Å². The van der Waals surface area contributed by atoms with Gasteiger partial charge in [-0.25, -0.2) is 5.26 Å². The fourth-order valence-electron chi connectivity index (χ4n) is 1.23. The molecule has 0 aromatic heterocycles. The molecule has 0 aliphatic carbocycles. The normalized spacial score (nSPS) is 10.9. The minimum Gasteiger partial charge on any atom is -0.374 e. The maximum Gasteiger partial charge on any atom is 0.503 e. The molecule has 0 spiro atoms. The van der Waals surface area contributed by atoms with E-state index in [4.69, 9.17) is 18.5 Å². The predicted molar refractivity (Wildman–Crippen MR) is 62.4 cm³/mol. The Labute approximate surface area is 94.5 Å². The Bertz CT molecular complexity index is 145. The molecule has 0 aromatic rings. The van der Waals surface area contributed by atoms with Gasteiger partial charge in [-0.2, -0.15) is 0 Å². The molecule has 0 unspecified atom stereocenters. The molecule has 0 aromatic carbocycles. The molecule has 4 nitrogen and oxygen atoms in total. The van der Waals surface area contributed by atoms with Crippen LogP contribution in [0.4, 0.5) is 0 Å². The lowest BCUT2D eigenvalue weighted by Crippen LogP contribution is -2.48. The van der Waals surface area contributed by atoms with Crippen LogP contribution in [0.2, 0.25) is 5.54 Å². The third kappa shape index (κ3) is 5.90. The molecule has 0 radical (unpaired) electrons. The average molecular weight is 233 g/mol. The first-order valence-corrected chi connectivity index (χ1v) is 7.10. The third-order valence-corrected chi connectivity index (χ3v) is 5.23. The molecule has 90 valence electrons. The van der Waals surface area contributed by atoms with Crippen LogP contribution in [-0.4, -0.2) is 28.6 Å². The number of rotatable bonds is 7. The summed E-state index contributed by atoms with van der Waals surface area (Å²) >= 11 is 0. The second-order valence-electron chi connectivity index (χ2n) is 3.06. The summed E-state index contributed by atoms with van der Waals surface area (Å²) in [7, 11) is -2.37. The number of nitrogens with zero attached hydrogens (tertiary/aromatic N) is 1. The molecule has 0 aliphatic heterocycles. The Morgan fingerprint density at radius 3 is 1.33 bits per heavy atom. The molecule has 0 N–H and O–H groups in total. The molecule has 0 atom stereocenters. The molecule has 0 saturated heterocycles. The highest BCUT2D eigenvalue weighted by Crippen LogP contribution is 2.24. The van der Waals surface area contributed by atoms with E-state index in [1.807, 2.05) is 20.8 Å². The Morgan fingerprint density at radius 2 is 1.20 bits per heavy atom. The van der Waals surface area contributed by atoms with E-state index in [-0.39, 0.29) is 0 Å². The van der Waals surface area contributed by atoms with E-state index in [9.17, 15) is 0 Å². The van der Waals surface area contributed by atoms with Crippen molar-refractivity contribution in [1.29, 1.82) is 5.26 Å². The van der Waals surface area contributed by atoms with Gasteiger partial charge in [-0.3, -0.25) is 0 Å². The molecule has 15 heavy (non-hydrogen) atoms. The van der Waals surface area contributed by atoms with Crippen molar-refractivity contribution in [3.05, 3.63) is 0 Å². The Balaban J connectivity index is 0. The third-order valence-electron chi connectivity index (χ3n) is 1.74. The van der Waals surface area contributed by atoms with E-state index in [1.165, 1.54) is 0 Å². The fraction of sp³-hybridized carbons (Fsp3) is 0.900. The summed E-state index contributed by atoms with van der Waals surface area (Å²) in [5.41, 5.74) is 0.326. The van der Waals surface area contributed by atoms with Crippen molar-refractivity contribution in [2.45, 2.75) is 40.2 Å². The van der Waals surface area contributed by atoms with Gasteiger partial charge in [-0.1, -0.05) is 13.8 Å². The van der Waals surface area contributed by atoms with Gasteiger partial charge >= 0.3 is 8.80 Å². The minimum absolute atomic E-state index is 0.326. The zero-order chi connectivity index (χ0) is 12.3. The lowest BCUT2D eigenvalue weighted by Gasteiger charge is -2.31. The van der Waals surface area contributed by atoms with Crippen LogP contribution in [-0.2, 0) is 13.3 Å². The molecular formula is C10H23NO3Si. The van der Waals surface area contributed by atoms with E-state index in [0.29, 0.717) is 25.4 Å². The summed E-state index contributed by atoms with van der Waals surface area (Å²) in [4.78, 5) is 0. The monoisotopic (exact) mass is 233 g/mol. The second-order valence-corrected chi connectivity index (χ2v) is 6.29. The maximum atomic E-state index is 6.50. The number of hydrogen-bond acceptors (Lipinski definition) is 4. The summed E-state index contributed by atoms with van der Waals surface area (Å²) in [6.07, 6.45) is 0. The number of hydrogen-bond donors (Lipinski definition) is 0. The molecule has 0 heterocycles. The van der Waals surface area contributed by atoms with Crippen LogP contribution in [0.3, 0.4) is 0 Å². The van der Waals surface area contributed by atoms with E-state index in [2.05, 4.69) is 20.4 Å². The molecule has 0 rings (SSSR count). The Kier molecular flexibility index (Phi) is 11.5. The van der Waals surface area contributed by atoms with Gasteiger partial charge in [0.1, 0.15) is 0 Å². The molecule has 5 heteroatoms. The Morgan fingerprint density at radius 1 is 0.933 bits per heavy atom. The number of nitriles is 1. The SMILES string of the molecule is C#N.CCO[Si](OCC)(OCC)C(C)C. The van der Waals surface area contributed by atoms with Crippen LogP contribution < -0.4 is 0 Å². The van der Waals surface area contributed by atoms with Crippen molar-refractivity contribution >= 4 is 8.80 Å². The highest BCUT2D eigenvalue weighted by molar-refractivity contribution is 6.62.